The Labute approximate surface area is 220 Å². The summed E-state index contributed by atoms with van der Waals surface area (Å²) in [6, 6.07) is 5.61. The Hall–Kier alpha value is -3.28. The van der Waals surface area contributed by atoms with Crippen LogP contribution in [-0.4, -0.2) is 41.7 Å². The maximum atomic E-state index is 13.7. The third-order valence-electron chi connectivity index (χ3n) is 6.75. The molecule has 12 heteroatoms. The first-order chi connectivity index (χ1) is 17.7. The lowest BCUT2D eigenvalue weighted by atomic mass is 9.77. The van der Waals surface area contributed by atoms with Gasteiger partial charge in [-0.25, -0.2) is 14.2 Å². The van der Waals surface area contributed by atoms with Gasteiger partial charge >= 0.3 is 16.2 Å². The third kappa shape index (κ3) is 6.23. The lowest BCUT2D eigenvalue weighted by Crippen LogP contribution is -2.51. The molecule has 0 spiro atoms. The summed E-state index contributed by atoms with van der Waals surface area (Å²) in [5.41, 5.74) is -2.37. The van der Waals surface area contributed by atoms with Crippen LogP contribution in [0.3, 0.4) is 0 Å². The minimum absolute atomic E-state index is 0.107. The molecule has 0 unspecified atom stereocenters. The van der Waals surface area contributed by atoms with Crippen LogP contribution in [0.25, 0.3) is 0 Å². The number of rotatable bonds is 7. The van der Waals surface area contributed by atoms with Gasteiger partial charge in [-0.15, -0.1) is 0 Å². The van der Waals surface area contributed by atoms with E-state index in [9.17, 15) is 27.2 Å². The predicted molar refractivity (Wildman–Crippen MR) is 136 cm³/mol. The fourth-order valence-corrected chi connectivity index (χ4v) is 5.48. The molecular formula is C26H32FN3O7S. The number of alkyl carbamates (subject to hydrolysis) is 1. The highest BCUT2D eigenvalue weighted by Crippen LogP contribution is 2.43. The van der Waals surface area contributed by atoms with Crippen molar-refractivity contribution >= 4 is 22.0 Å². The fraction of sp³-hybridized carbons (Fsp3) is 0.538. The number of hydrogen-bond donors (Lipinski definition) is 1. The van der Waals surface area contributed by atoms with Crippen LogP contribution in [0.4, 0.5) is 9.18 Å². The number of fused-ring (bicyclic) bond motifs is 2. The molecule has 0 saturated heterocycles. The average Bonchev–Trinajstić information content (AvgIpc) is 3.04. The largest absolute Gasteiger partial charge is 0.444 e. The number of halogens is 1. The lowest BCUT2D eigenvalue weighted by molar-refractivity contribution is 0.0406. The van der Waals surface area contributed by atoms with Crippen LogP contribution >= 0.6 is 0 Å². The standard InChI is InChI=1S/C26H32FN3O7S/c1-25(2,3)36-24(33)29-26-13-11-17(12-14-26)15-30-22(32)21(37-38(4,34)35)20(28-23(26)30)19(31)10-7-16-5-8-18(27)9-6-16/h5-6,8-9,17H,7,10-15H2,1-4H3,(H,29,33). The average molecular weight is 550 g/mol. The van der Waals surface area contributed by atoms with Gasteiger partial charge in [-0.1, -0.05) is 12.1 Å². The van der Waals surface area contributed by atoms with Gasteiger partial charge in [0.15, 0.2) is 11.5 Å². The molecule has 1 amide bonds. The number of ketones is 1. The smallest absolute Gasteiger partial charge is 0.408 e. The Balaban J connectivity index is 1.79. The zero-order valence-corrected chi connectivity index (χ0v) is 22.7. The number of aryl methyl sites for hydroxylation is 1. The molecule has 5 rings (SSSR count). The summed E-state index contributed by atoms with van der Waals surface area (Å²) in [7, 11) is -4.17. The second-order valence-electron chi connectivity index (χ2n) is 11.0. The molecule has 10 nitrogen and oxygen atoms in total. The van der Waals surface area contributed by atoms with Crippen molar-refractivity contribution in [2.24, 2.45) is 5.92 Å². The second-order valence-corrected chi connectivity index (χ2v) is 12.6. The van der Waals surface area contributed by atoms with E-state index in [4.69, 9.17) is 8.92 Å². The minimum Gasteiger partial charge on any atom is -0.444 e. The molecule has 38 heavy (non-hydrogen) atoms. The van der Waals surface area contributed by atoms with Gasteiger partial charge in [-0.3, -0.25) is 14.2 Å². The van der Waals surface area contributed by atoms with E-state index < -0.39 is 56.0 Å². The summed E-state index contributed by atoms with van der Waals surface area (Å²) < 4.78 is 49.2. The van der Waals surface area contributed by atoms with Gasteiger partial charge in [0.25, 0.3) is 5.56 Å². The van der Waals surface area contributed by atoms with Crippen molar-refractivity contribution < 1.29 is 31.3 Å². The van der Waals surface area contributed by atoms with Gasteiger partial charge in [0.2, 0.25) is 5.75 Å². The Kier molecular flexibility index (Phi) is 7.39. The molecule has 3 heterocycles. The van der Waals surface area contributed by atoms with Gasteiger partial charge in [0.05, 0.1) is 6.26 Å². The van der Waals surface area contributed by atoms with Crippen molar-refractivity contribution in [2.75, 3.05) is 6.26 Å². The normalized spacial score (nSPS) is 20.8. The summed E-state index contributed by atoms with van der Waals surface area (Å²) in [5, 5.41) is 2.91. The lowest BCUT2D eigenvalue weighted by Gasteiger charge is -2.37. The third-order valence-corrected chi connectivity index (χ3v) is 7.22. The molecule has 0 radical (unpaired) electrons. The summed E-state index contributed by atoms with van der Waals surface area (Å²) >= 11 is 0. The zero-order valence-electron chi connectivity index (χ0n) is 21.9. The van der Waals surface area contributed by atoms with Crippen molar-refractivity contribution in [1.82, 2.24) is 14.9 Å². The van der Waals surface area contributed by atoms with Gasteiger partial charge in [0.1, 0.15) is 22.8 Å². The fourth-order valence-electron chi connectivity index (χ4n) is 5.03. The molecule has 1 aliphatic carbocycles. The van der Waals surface area contributed by atoms with Crippen LogP contribution in [0.5, 0.6) is 5.75 Å². The molecule has 1 aromatic carbocycles. The van der Waals surface area contributed by atoms with Crippen molar-refractivity contribution in [2.45, 2.75) is 77.0 Å². The van der Waals surface area contributed by atoms with Crippen molar-refractivity contribution in [1.29, 1.82) is 0 Å². The number of nitrogens with one attached hydrogen (secondary N) is 1. The van der Waals surface area contributed by atoms with E-state index in [0.717, 1.165) is 6.26 Å². The highest BCUT2D eigenvalue weighted by molar-refractivity contribution is 7.86. The number of carbonyl (C=O) groups is 2. The minimum atomic E-state index is -4.17. The zero-order chi connectivity index (χ0) is 27.9. The van der Waals surface area contributed by atoms with Crippen LogP contribution in [0.2, 0.25) is 0 Å². The van der Waals surface area contributed by atoms with Crippen LogP contribution in [-0.2, 0) is 33.4 Å². The molecule has 1 N–H and O–H groups in total. The number of benzene rings is 1. The number of hydrogen-bond acceptors (Lipinski definition) is 8. The molecule has 1 fully saturated rings. The Morgan fingerprint density at radius 3 is 2.39 bits per heavy atom. The van der Waals surface area contributed by atoms with Gasteiger partial charge < -0.3 is 14.2 Å². The maximum absolute atomic E-state index is 13.7. The van der Waals surface area contributed by atoms with Crippen LogP contribution in [0, 0.1) is 11.7 Å². The highest BCUT2D eigenvalue weighted by Gasteiger charge is 2.47. The molecule has 2 bridgehead atoms. The van der Waals surface area contributed by atoms with E-state index in [-0.39, 0.29) is 31.1 Å². The Morgan fingerprint density at radius 1 is 1.18 bits per heavy atom. The molecular weight excluding hydrogens is 517 g/mol. The van der Waals surface area contributed by atoms with E-state index in [1.54, 1.807) is 20.8 Å². The van der Waals surface area contributed by atoms with Gasteiger partial charge in [0, 0.05) is 13.0 Å². The first kappa shape index (κ1) is 27.7. The predicted octanol–water partition coefficient (Wildman–Crippen LogP) is 3.46. The molecule has 0 atom stereocenters. The number of amides is 1. The Bertz CT molecular complexity index is 1400. The van der Waals surface area contributed by atoms with Crippen molar-refractivity contribution in [3.05, 3.63) is 57.5 Å². The summed E-state index contributed by atoms with van der Waals surface area (Å²) in [4.78, 5) is 44.4. The van der Waals surface area contributed by atoms with E-state index in [2.05, 4.69) is 10.3 Å². The number of ether oxygens (including phenoxy) is 1. The Morgan fingerprint density at radius 2 is 1.82 bits per heavy atom. The number of aromatic nitrogens is 2. The van der Waals surface area contributed by atoms with E-state index in [0.29, 0.717) is 31.2 Å². The molecule has 2 aliphatic heterocycles. The highest BCUT2D eigenvalue weighted by atomic mass is 32.2. The first-order valence-corrected chi connectivity index (χ1v) is 14.3. The quantitative estimate of drug-likeness (QED) is 0.410. The summed E-state index contributed by atoms with van der Waals surface area (Å²) in [6.07, 6.45) is 2.50. The molecule has 2 aromatic rings. The maximum Gasteiger partial charge on any atom is 0.408 e. The van der Waals surface area contributed by atoms with Gasteiger partial charge in [-0.2, -0.15) is 8.42 Å². The van der Waals surface area contributed by atoms with Gasteiger partial charge in [-0.05, 0) is 76.5 Å². The summed E-state index contributed by atoms with van der Waals surface area (Å²) in [6.45, 7) is 5.45. The topological polar surface area (TPSA) is 134 Å². The van der Waals surface area contributed by atoms with Crippen LogP contribution in [0.1, 0.15) is 74.8 Å². The number of nitrogens with zero attached hydrogens (tertiary/aromatic N) is 2. The molecule has 3 aliphatic rings. The molecule has 206 valence electrons. The molecule has 1 saturated carbocycles. The van der Waals surface area contributed by atoms with Crippen molar-refractivity contribution in [3.63, 3.8) is 0 Å². The number of carbonyl (C=O) groups excluding carboxylic acids is 2. The van der Waals surface area contributed by atoms with Crippen LogP contribution in [0.15, 0.2) is 29.1 Å². The van der Waals surface area contributed by atoms with E-state index in [1.807, 2.05) is 0 Å². The first-order valence-electron chi connectivity index (χ1n) is 12.5. The van der Waals surface area contributed by atoms with E-state index >= 15 is 0 Å². The second kappa shape index (κ2) is 10.1. The summed E-state index contributed by atoms with van der Waals surface area (Å²) in [5.74, 6) is -1.40. The van der Waals surface area contributed by atoms with Crippen LogP contribution < -0.4 is 15.1 Å². The SMILES string of the molecule is CC(C)(C)OC(=O)NC12CCC(CC1)Cn1c2nc(C(=O)CCc2ccc(F)cc2)c(OS(C)(=O)=O)c1=O. The van der Waals surface area contributed by atoms with E-state index in [1.165, 1.54) is 28.8 Å². The van der Waals surface area contributed by atoms with Crippen molar-refractivity contribution in [3.8, 4) is 5.75 Å². The monoisotopic (exact) mass is 549 g/mol. The molecule has 1 aromatic heterocycles. The number of Topliss-reactive ketones (excluding diaryl/α,β-unsaturated/α-hetero) is 1.